The van der Waals surface area contributed by atoms with Gasteiger partial charge in [0.2, 0.25) is 5.88 Å². The van der Waals surface area contributed by atoms with E-state index in [1.807, 2.05) is 19.9 Å². The molecule has 0 unspecified atom stereocenters. The average Bonchev–Trinajstić information content (AvgIpc) is 2.18. The molecular formula is C10H12N2O. The second-order valence-corrected chi connectivity index (χ2v) is 3.32. The van der Waals surface area contributed by atoms with Crippen molar-refractivity contribution in [3.8, 4) is 11.9 Å². The molecule has 0 radical (unpaired) electrons. The highest BCUT2D eigenvalue weighted by Crippen LogP contribution is 2.23. The van der Waals surface area contributed by atoms with Gasteiger partial charge < -0.3 is 4.74 Å². The number of ether oxygens (including phenoxy) is 1. The lowest BCUT2D eigenvalue weighted by molar-refractivity contribution is 0.396. The predicted molar refractivity (Wildman–Crippen MR) is 49.4 cm³/mol. The zero-order chi connectivity index (χ0) is 9.90. The monoisotopic (exact) mass is 176 g/mol. The van der Waals surface area contributed by atoms with Gasteiger partial charge in [-0.25, -0.2) is 4.98 Å². The van der Waals surface area contributed by atoms with E-state index in [0.29, 0.717) is 5.88 Å². The Labute approximate surface area is 78.0 Å². The summed E-state index contributed by atoms with van der Waals surface area (Å²) in [7, 11) is 1.56. The fourth-order valence-electron chi connectivity index (χ4n) is 0.974. The Morgan fingerprint density at radius 2 is 2.23 bits per heavy atom. The first-order valence-corrected chi connectivity index (χ1v) is 4.02. The summed E-state index contributed by atoms with van der Waals surface area (Å²) in [5.74, 6) is 0.542. The number of rotatable bonds is 2. The molecule has 1 aromatic heterocycles. The van der Waals surface area contributed by atoms with Crippen molar-refractivity contribution in [3.05, 3.63) is 23.9 Å². The zero-order valence-electron chi connectivity index (χ0n) is 8.03. The number of nitriles is 1. The SMILES string of the molecule is COc1cc(C(C)(C)C#N)ccn1. The van der Waals surface area contributed by atoms with Crippen molar-refractivity contribution in [1.29, 1.82) is 5.26 Å². The van der Waals surface area contributed by atoms with Crippen LogP contribution in [0.2, 0.25) is 0 Å². The third kappa shape index (κ3) is 1.97. The zero-order valence-corrected chi connectivity index (χ0v) is 8.03. The van der Waals surface area contributed by atoms with Crippen molar-refractivity contribution in [1.82, 2.24) is 4.98 Å². The summed E-state index contributed by atoms with van der Waals surface area (Å²) >= 11 is 0. The summed E-state index contributed by atoms with van der Waals surface area (Å²) < 4.78 is 4.97. The molecule has 3 heteroatoms. The minimum atomic E-state index is -0.490. The number of nitrogens with zero attached hydrogens (tertiary/aromatic N) is 2. The number of hydrogen-bond acceptors (Lipinski definition) is 3. The van der Waals surface area contributed by atoms with E-state index < -0.39 is 5.41 Å². The van der Waals surface area contributed by atoms with Gasteiger partial charge >= 0.3 is 0 Å². The van der Waals surface area contributed by atoms with E-state index in [9.17, 15) is 0 Å². The van der Waals surface area contributed by atoms with E-state index in [1.165, 1.54) is 0 Å². The molecule has 0 amide bonds. The molecule has 13 heavy (non-hydrogen) atoms. The molecule has 0 atom stereocenters. The van der Waals surface area contributed by atoms with Gasteiger partial charge in [-0.2, -0.15) is 5.26 Å². The molecule has 0 N–H and O–H groups in total. The Kier molecular flexibility index (Phi) is 2.52. The van der Waals surface area contributed by atoms with Crippen molar-refractivity contribution >= 4 is 0 Å². The van der Waals surface area contributed by atoms with Crippen molar-refractivity contribution in [2.75, 3.05) is 7.11 Å². The van der Waals surface area contributed by atoms with Crippen LogP contribution in [-0.2, 0) is 5.41 Å². The fourth-order valence-corrected chi connectivity index (χ4v) is 0.974. The molecule has 1 aromatic rings. The number of pyridine rings is 1. The molecule has 0 aliphatic rings. The summed E-state index contributed by atoms with van der Waals surface area (Å²) in [4.78, 5) is 3.97. The van der Waals surface area contributed by atoms with Gasteiger partial charge in [0.15, 0.2) is 0 Å². The molecule has 0 spiro atoms. The summed E-state index contributed by atoms with van der Waals surface area (Å²) in [6.45, 7) is 3.73. The van der Waals surface area contributed by atoms with Crippen molar-refractivity contribution in [3.63, 3.8) is 0 Å². The molecule has 1 heterocycles. The molecule has 0 saturated heterocycles. The van der Waals surface area contributed by atoms with E-state index >= 15 is 0 Å². The minimum absolute atomic E-state index is 0.490. The van der Waals surface area contributed by atoms with Crippen molar-refractivity contribution in [2.45, 2.75) is 19.3 Å². The van der Waals surface area contributed by atoms with Crippen LogP contribution < -0.4 is 4.74 Å². The Balaban J connectivity index is 3.10. The first-order valence-electron chi connectivity index (χ1n) is 4.02. The van der Waals surface area contributed by atoms with Gasteiger partial charge in [0.1, 0.15) is 0 Å². The largest absolute Gasteiger partial charge is 0.481 e. The van der Waals surface area contributed by atoms with Crippen LogP contribution in [0.15, 0.2) is 18.3 Å². The van der Waals surface area contributed by atoms with Gasteiger partial charge in [-0.1, -0.05) is 0 Å². The highest BCUT2D eigenvalue weighted by molar-refractivity contribution is 5.32. The second kappa shape index (κ2) is 3.44. The third-order valence-corrected chi connectivity index (χ3v) is 1.95. The third-order valence-electron chi connectivity index (χ3n) is 1.95. The topological polar surface area (TPSA) is 45.9 Å². The maximum Gasteiger partial charge on any atom is 0.213 e. The van der Waals surface area contributed by atoms with Crippen LogP contribution in [0.1, 0.15) is 19.4 Å². The number of aromatic nitrogens is 1. The Bertz CT molecular complexity index is 339. The Hall–Kier alpha value is -1.56. The van der Waals surface area contributed by atoms with Gasteiger partial charge in [-0.3, -0.25) is 0 Å². The Morgan fingerprint density at radius 3 is 2.77 bits per heavy atom. The molecule has 0 aromatic carbocycles. The van der Waals surface area contributed by atoms with Gasteiger partial charge in [-0.05, 0) is 25.5 Å². The maximum absolute atomic E-state index is 8.90. The van der Waals surface area contributed by atoms with E-state index in [0.717, 1.165) is 5.56 Å². The lowest BCUT2D eigenvalue weighted by Crippen LogP contribution is -2.13. The average molecular weight is 176 g/mol. The van der Waals surface area contributed by atoms with Gasteiger partial charge in [0.05, 0.1) is 18.6 Å². The van der Waals surface area contributed by atoms with Gasteiger partial charge in [0, 0.05) is 12.3 Å². The molecule has 0 bridgehead atoms. The summed E-state index contributed by atoms with van der Waals surface area (Å²) in [6.07, 6.45) is 1.65. The van der Waals surface area contributed by atoms with E-state index in [-0.39, 0.29) is 0 Å². The van der Waals surface area contributed by atoms with Crippen LogP contribution in [0.3, 0.4) is 0 Å². The number of methoxy groups -OCH3 is 1. The Morgan fingerprint density at radius 1 is 1.54 bits per heavy atom. The molecule has 68 valence electrons. The maximum atomic E-state index is 8.90. The van der Waals surface area contributed by atoms with Crippen LogP contribution in [0.4, 0.5) is 0 Å². The standard InChI is InChI=1S/C10H12N2O/c1-10(2,7-11)8-4-5-12-9(6-8)13-3/h4-6H,1-3H3. The predicted octanol–water partition coefficient (Wildman–Crippen LogP) is 1.89. The first-order chi connectivity index (χ1) is 6.10. The van der Waals surface area contributed by atoms with Crippen LogP contribution in [0.25, 0.3) is 0 Å². The van der Waals surface area contributed by atoms with Crippen molar-refractivity contribution < 1.29 is 4.74 Å². The fraction of sp³-hybridized carbons (Fsp3) is 0.400. The highest BCUT2D eigenvalue weighted by Gasteiger charge is 2.20. The molecule has 0 aliphatic heterocycles. The minimum Gasteiger partial charge on any atom is -0.481 e. The molecule has 1 rings (SSSR count). The lowest BCUT2D eigenvalue weighted by atomic mass is 9.87. The van der Waals surface area contributed by atoms with Gasteiger partial charge in [-0.15, -0.1) is 0 Å². The van der Waals surface area contributed by atoms with E-state index in [1.54, 1.807) is 19.4 Å². The molecule has 3 nitrogen and oxygen atoms in total. The van der Waals surface area contributed by atoms with Crippen LogP contribution >= 0.6 is 0 Å². The van der Waals surface area contributed by atoms with E-state index in [2.05, 4.69) is 11.1 Å². The molecule has 0 saturated carbocycles. The normalized spacial score (nSPS) is 10.6. The van der Waals surface area contributed by atoms with Crippen LogP contribution in [0, 0.1) is 11.3 Å². The summed E-state index contributed by atoms with van der Waals surface area (Å²) in [5.41, 5.74) is 0.429. The molecule has 0 fully saturated rings. The lowest BCUT2D eigenvalue weighted by Gasteiger charge is -2.15. The highest BCUT2D eigenvalue weighted by atomic mass is 16.5. The first kappa shape index (κ1) is 9.53. The molecular weight excluding hydrogens is 164 g/mol. The smallest absolute Gasteiger partial charge is 0.213 e. The second-order valence-electron chi connectivity index (χ2n) is 3.32. The van der Waals surface area contributed by atoms with Gasteiger partial charge in [0.25, 0.3) is 0 Å². The quantitative estimate of drug-likeness (QED) is 0.691. The van der Waals surface area contributed by atoms with Crippen LogP contribution in [-0.4, -0.2) is 12.1 Å². The summed E-state index contributed by atoms with van der Waals surface area (Å²) in [5, 5.41) is 8.90. The van der Waals surface area contributed by atoms with Crippen molar-refractivity contribution in [2.24, 2.45) is 0 Å². The van der Waals surface area contributed by atoms with E-state index in [4.69, 9.17) is 10.00 Å². The van der Waals surface area contributed by atoms with Crippen LogP contribution in [0.5, 0.6) is 5.88 Å². The summed E-state index contributed by atoms with van der Waals surface area (Å²) in [6, 6.07) is 5.83. The number of hydrogen-bond donors (Lipinski definition) is 0. The molecule has 0 aliphatic carbocycles.